The Bertz CT molecular complexity index is 805. The summed E-state index contributed by atoms with van der Waals surface area (Å²) in [5, 5.41) is 0. The van der Waals surface area contributed by atoms with Crippen molar-refractivity contribution in [1.29, 1.82) is 0 Å². The predicted octanol–water partition coefficient (Wildman–Crippen LogP) is 1.17. The average molecular weight is 339 g/mol. The molecule has 1 aliphatic heterocycles. The molecule has 2 heterocycles. The van der Waals surface area contributed by atoms with Gasteiger partial charge < -0.3 is 16.4 Å². The van der Waals surface area contributed by atoms with E-state index in [9.17, 15) is 4.79 Å². The van der Waals surface area contributed by atoms with Gasteiger partial charge in [-0.25, -0.2) is 4.79 Å². The molecule has 1 aromatic heterocycles. The third kappa shape index (κ3) is 3.32. The molecule has 6 heteroatoms. The molecule has 132 valence electrons. The van der Waals surface area contributed by atoms with Gasteiger partial charge in [-0.2, -0.15) is 4.98 Å². The maximum Gasteiger partial charge on any atom is 0.354 e. The number of rotatable bonds is 4. The second-order valence-electron chi connectivity index (χ2n) is 7.44. The number of hydrogen-bond donors (Lipinski definition) is 2. The van der Waals surface area contributed by atoms with Gasteiger partial charge in [-0.15, -0.1) is 0 Å². The Morgan fingerprint density at radius 1 is 1.16 bits per heavy atom. The summed E-state index contributed by atoms with van der Waals surface area (Å²) in [4.78, 5) is 18.2. The van der Waals surface area contributed by atoms with Gasteiger partial charge in [0.2, 0.25) is 0 Å². The van der Waals surface area contributed by atoms with Crippen molar-refractivity contribution in [3.63, 3.8) is 0 Å². The standard InChI is InChI=1S/C19H25N5O/c20-16-13-19(16)7-11-23(12-8-19)9-5-14-1-3-15(4-2-14)24-10-6-17(21)22-18(24)25/h1-4,6,10,16H,5,7-9,11-13,20H2,(H2,21,22,25). The molecule has 0 bridgehead atoms. The molecular weight excluding hydrogens is 314 g/mol. The van der Waals surface area contributed by atoms with Gasteiger partial charge in [0, 0.05) is 18.8 Å². The number of aromatic nitrogens is 2. The van der Waals surface area contributed by atoms with Crippen LogP contribution in [-0.2, 0) is 6.42 Å². The van der Waals surface area contributed by atoms with E-state index < -0.39 is 0 Å². The van der Waals surface area contributed by atoms with Crippen molar-refractivity contribution in [3.05, 3.63) is 52.6 Å². The Balaban J connectivity index is 1.34. The minimum absolute atomic E-state index is 0.244. The van der Waals surface area contributed by atoms with Crippen molar-refractivity contribution in [2.75, 3.05) is 25.4 Å². The highest BCUT2D eigenvalue weighted by molar-refractivity contribution is 5.36. The molecule has 1 saturated heterocycles. The van der Waals surface area contributed by atoms with Crippen molar-refractivity contribution in [2.45, 2.75) is 31.7 Å². The minimum Gasteiger partial charge on any atom is -0.383 e. The van der Waals surface area contributed by atoms with Crippen LogP contribution in [0.3, 0.4) is 0 Å². The van der Waals surface area contributed by atoms with E-state index >= 15 is 0 Å². The molecule has 0 radical (unpaired) electrons. The van der Waals surface area contributed by atoms with E-state index in [-0.39, 0.29) is 11.5 Å². The second-order valence-corrected chi connectivity index (χ2v) is 7.44. The highest BCUT2D eigenvalue weighted by Gasteiger charge is 2.52. The number of anilines is 1. The van der Waals surface area contributed by atoms with Crippen molar-refractivity contribution < 1.29 is 0 Å². The summed E-state index contributed by atoms with van der Waals surface area (Å²) in [6.07, 6.45) is 6.40. The predicted molar refractivity (Wildman–Crippen MR) is 98.6 cm³/mol. The molecule has 6 nitrogen and oxygen atoms in total. The summed E-state index contributed by atoms with van der Waals surface area (Å²) in [6, 6.07) is 10.2. The SMILES string of the molecule is Nc1ccn(-c2ccc(CCN3CCC4(CC3)CC4N)cc2)c(=O)n1. The fraction of sp³-hybridized carbons (Fsp3) is 0.474. The van der Waals surface area contributed by atoms with E-state index in [4.69, 9.17) is 11.5 Å². The van der Waals surface area contributed by atoms with Gasteiger partial charge in [-0.3, -0.25) is 4.57 Å². The number of nitrogens with two attached hydrogens (primary N) is 2. The molecule has 4 N–H and O–H groups in total. The minimum atomic E-state index is -0.353. The largest absolute Gasteiger partial charge is 0.383 e. The quantitative estimate of drug-likeness (QED) is 0.873. The number of hydrogen-bond acceptors (Lipinski definition) is 5. The van der Waals surface area contributed by atoms with Crippen LogP contribution in [0.4, 0.5) is 5.82 Å². The van der Waals surface area contributed by atoms with Crippen LogP contribution in [0.5, 0.6) is 0 Å². The molecule has 1 unspecified atom stereocenters. The summed E-state index contributed by atoms with van der Waals surface area (Å²) in [7, 11) is 0. The van der Waals surface area contributed by atoms with Crippen LogP contribution in [-0.4, -0.2) is 40.1 Å². The smallest absolute Gasteiger partial charge is 0.354 e. The van der Waals surface area contributed by atoms with Gasteiger partial charge in [0.05, 0.1) is 5.69 Å². The topological polar surface area (TPSA) is 90.2 Å². The average Bonchev–Trinajstić information content (AvgIpc) is 3.24. The van der Waals surface area contributed by atoms with Crippen molar-refractivity contribution in [1.82, 2.24) is 14.5 Å². The number of piperidine rings is 1. The number of nitrogen functional groups attached to an aromatic ring is 1. The first kappa shape index (κ1) is 16.3. The van der Waals surface area contributed by atoms with E-state index in [1.165, 1.54) is 29.4 Å². The molecule has 1 saturated carbocycles. The maximum atomic E-state index is 11.9. The van der Waals surface area contributed by atoms with E-state index in [1.807, 2.05) is 12.1 Å². The summed E-state index contributed by atoms with van der Waals surface area (Å²) in [5.41, 5.74) is 13.8. The lowest BCUT2D eigenvalue weighted by Crippen LogP contribution is -2.37. The highest BCUT2D eigenvalue weighted by atomic mass is 16.1. The fourth-order valence-corrected chi connectivity index (χ4v) is 3.90. The van der Waals surface area contributed by atoms with Crippen LogP contribution < -0.4 is 17.2 Å². The Morgan fingerprint density at radius 2 is 1.84 bits per heavy atom. The molecule has 2 fully saturated rings. The van der Waals surface area contributed by atoms with Crippen LogP contribution in [0.2, 0.25) is 0 Å². The lowest BCUT2D eigenvalue weighted by Gasteiger charge is -2.32. The molecule has 1 spiro atoms. The first-order chi connectivity index (χ1) is 12.1. The van der Waals surface area contributed by atoms with E-state index in [0.717, 1.165) is 31.7 Å². The van der Waals surface area contributed by atoms with E-state index in [0.29, 0.717) is 11.5 Å². The summed E-state index contributed by atoms with van der Waals surface area (Å²) >= 11 is 0. The highest BCUT2D eigenvalue weighted by Crippen LogP contribution is 2.52. The Morgan fingerprint density at radius 3 is 2.44 bits per heavy atom. The molecule has 1 aliphatic carbocycles. The molecular formula is C19H25N5O. The van der Waals surface area contributed by atoms with Crippen LogP contribution in [0.1, 0.15) is 24.8 Å². The Hall–Kier alpha value is -2.18. The van der Waals surface area contributed by atoms with Gasteiger partial charge in [-0.1, -0.05) is 12.1 Å². The number of benzene rings is 1. The second kappa shape index (κ2) is 6.28. The van der Waals surface area contributed by atoms with Gasteiger partial charge in [0.25, 0.3) is 0 Å². The lowest BCUT2D eigenvalue weighted by molar-refractivity contribution is 0.171. The van der Waals surface area contributed by atoms with Gasteiger partial charge in [0.1, 0.15) is 5.82 Å². The lowest BCUT2D eigenvalue weighted by atomic mass is 9.92. The summed E-state index contributed by atoms with van der Waals surface area (Å²) in [6.45, 7) is 3.41. The molecule has 25 heavy (non-hydrogen) atoms. The first-order valence-electron chi connectivity index (χ1n) is 8.98. The third-order valence-electron chi connectivity index (χ3n) is 5.86. The van der Waals surface area contributed by atoms with Gasteiger partial charge >= 0.3 is 5.69 Å². The van der Waals surface area contributed by atoms with Crippen LogP contribution in [0, 0.1) is 5.41 Å². The molecule has 1 aromatic carbocycles. The zero-order chi connectivity index (χ0) is 17.4. The van der Waals surface area contributed by atoms with E-state index in [1.54, 1.807) is 12.3 Å². The Kier molecular flexibility index (Phi) is 4.09. The van der Waals surface area contributed by atoms with Gasteiger partial charge in [0.15, 0.2) is 0 Å². The van der Waals surface area contributed by atoms with Crippen molar-refractivity contribution in [3.8, 4) is 5.69 Å². The monoisotopic (exact) mass is 339 g/mol. The van der Waals surface area contributed by atoms with Crippen LogP contribution in [0.25, 0.3) is 5.69 Å². The van der Waals surface area contributed by atoms with Crippen molar-refractivity contribution >= 4 is 5.82 Å². The zero-order valence-electron chi connectivity index (χ0n) is 14.4. The zero-order valence-corrected chi connectivity index (χ0v) is 14.4. The van der Waals surface area contributed by atoms with E-state index in [2.05, 4.69) is 22.0 Å². The molecule has 1 atom stereocenters. The van der Waals surface area contributed by atoms with Crippen LogP contribution >= 0.6 is 0 Å². The van der Waals surface area contributed by atoms with Crippen LogP contribution in [0.15, 0.2) is 41.3 Å². The number of likely N-dealkylation sites (tertiary alicyclic amines) is 1. The molecule has 2 aromatic rings. The Labute approximate surface area is 147 Å². The van der Waals surface area contributed by atoms with Gasteiger partial charge in [-0.05, 0) is 68.0 Å². The number of nitrogens with zero attached hydrogens (tertiary/aromatic N) is 3. The first-order valence-corrected chi connectivity index (χ1v) is 8.98. The summed E-state index contributed by atoms with van der Waals surface area (Å²) < 4.78 is 1.50. The maximum absolute atomic E-state index is 11.9. The summed E-state index contributed by atoms with van der Waals surface area (Å²) in [5.74, 6) is 0.244. The fourth-order valence-electron chi connectivity index (χ4n) is 3.90. The van der Waals surface area contributed by atoms with Crippen molar-refractivity contribution in [2.24, 2.45) is 11.1 Å². The third-order valence-corrected chi connectivity index (χ3v) is 5.86. The molecule has 4 rings (SSSR count). The normalized spacial score (nSPS) is 22.2. The molecule has 0 amide bonds. The molecule has 2 aliphatic rings.